The maximum absolute atomic E-state index is 12.5. The second-order valence-corrected chi connectivity index (χ2v) is 9.70. The van der Waals surface area contributed by atoms with E-state index < -0.39 is 10.0 Å². The second kappa shape index (κ2) is 8.90. The molecule has 2 N–H and O–H groups in total. The summed E-state index contributed by atoms with van der Waals surface area (Å²) in [6.07, 6.45) is 5.92. The first-order valence-corrected chi connectivity index (χ1v) is 11.5. The number of rotatable bonds is 6. The van der Waals surface area contributed by atoms with Crippen molar-refractivity contribution in [2.75, 3.05) is 13.1 Å². The van der Waals surface area contributed by atoms with Crippen molar-refractivity contribution >= 4 is 27.5 Å². The predicted octanol–water partition coefficient (Wildman–Crippen LogP) is 2.53. The van der Waals surface area contributed by atoms with E-state index in [0.29, 0.717) is 37.0 Å². The first kappa shape index (κ1) is 20.6. The molecule has 1 atom stereocenters. The van der Waals surface area contributed by atoms with Crippen LogP contribution in [0, 0.1) is 0 Å². The number of likely N-dealkylation sites (tertiary alicyclic amines) is 1. The summed E-state index contributed by atoms with van der Waals surface area (Å²) in [7, 11) is -3.55. The zero-order chi connectivity index (χ0) is 19.4. The molecule has 150 valence electrons. The summed E-state index contributed by atoms with van der Waals surface area (Å²) < 4.78 is 27.8. The van der Waals surface area contributed by atoms with Crippen LogP contribution in [0.1, 0.15) is 45.4 Å². The standard InChI is InChI=1S/C19H28ClN3O3S/c1-14(19(24)21-16-4-2-3-5-16)23-12-10-17(11-13-23)22-27(25,26)18-8-6-15(20)7-9-18/h6-9,14,16-17,22H,2-5,10-13H2,1H3,(H,21,24). The number of amides is 1. The molecule has 1 amide bonds. The summed E-state index contributed by atoms with van der Waals surface area (Å²) >= 11 is 5.82. The van der Waals surface area contributed by atoms with E-state index in [4.69, 9.17) is 11.6 Å². The molecular weight excluding hydrogens is 386 g/mol. The van der Waals surface area contributed by atoms with Gasteiger partial charge in [-0.15, -0.1) is 0 Å². The van der Waals surface area contributed by atoms with Gasteiger partial charge in [0.2, 0.25) is 15.9 Å². The van der Waals surface area contributed by atoms with Crippen molar-refractivity contribution in [3.8, 4) is 0 Å². The largest absolute Gasteiger partial charge is 0.352 e. The summed E-state index contributed by atoms with van der Waals surface area (Å²) in [5.74, 6) is 0.0853. The van der Waals surface area contributed by atoms with Crippen LogP contribution in [-0.2, 0) is 14.8 Å². The van der Waals surface area contributed by atoms with Gasteiger partial charge in [0.25, 0.3) is 0 Å². The van der Waals surface area contributed by atoms with Gasteiger partial charge >= 0.3 is 0 Å². The van der Waals surface area contributed by atoms with Gasteiger partial charge in [0, 0.05) is 30.2 Å². The SMILES string of the molecule is CC(C(=O)NC1CCCC1)N1CCC(NS(=O)(=O)c2ccc(Cl)cc2)CC1. The van der Waals surface area contributed by atoms with Crippen molar-refractivity contribution in [3.05, 3.63) is 29.3 Å². The molecule has 1 unspecified atom stereocenters. The van der Waals surface area contributed by atoms with Crippen LogP contribution in [-0.4, -0.2) is 50.4 Å². The smallest absolute Gasteiger partial charge is 0.240 e. The highest BCUT2D eigenvalue weighted by Gasteiger charge is 2.30. The first-order valence-electron chi connectivity index (χ1n) is 9.67. The van der Waals surface area contributed by atoms with Crippen LogP contribution in [0.4, 0.5) is 0 Å². The van der Waals surface area contributed by atoms with Gasteiger partial charge in [0.1, 0.15) is 0 Å². The van der Waals surface area contributed by atoms with Crippen LogP contribution in [0.3, 0.4) is 0 Å². The number of hydrogen-bond donors (Lipinski definition) is 2. The van der Waals surface area contributed by atoms with Crippen molar-refractivity contribution in [1.82, 2.24) is 14.9 Å². The molecule has 1 heterocycles. The topological polar surface area (TPSA) is 78.5 Å². The van der Waals surface area contributed by atoms with Crippen molar-refractivity contribution < 1.29 is 13.2 Å². The minimum absolute atomic E-state index is 0.0853. The highest BCUT2D eigenvalue weighted by atomic mass is 35.5. The lowest BCUT2D eigenvalue weighted by atomic mass is 10.0. The fourth-order valence-corrected chi connectivity index (χ4v) is 5.29. The molecule has 6 nitrogen and oxygen atoms in total. The van der Waals surface area contributed by atoms with E-state index in [2.05, 4.69) is 14.9 Å². The van der Waals surface area contributed by atoms with E-state index in [1.165, 1.54) is 25.0 Å². The lowest BCUT2D eigenvalue weighted by molar-refractivity contribution is -0.127. The molecule has 2 fully saturated rings. The van der Waals surface area contributed by atoms with Gasteiger partial charge in [-0.2, -0.15) is 0 Å². The van der Waals surface area contributed by atoms with E-state index in [-0.39, 0.29) is 22.9 Å². The molecule has 1 aliphatic carbocycles. The number of piperidine rings is 1. The quantitative estimate of drug-likeness (QED) is 0.751. The van der Waals surface area contributed by atoms with E-state index in [1.807, 2.05) is 6.92 Å². The van der Waals surface area contributed by atoms with Crippen LogP contribution < -0.4 is 10.0 Å². The molecule has 2 aliphatic rings. The molecule has 0 bridgehead atoms. The van der Waals surface area contributed by atoms with E-state index in [1.54, 1.807) is 12.1 Å². The average molecular weight is 414 g/mol. The van der Waals surface area contributed by atoms with Crippen LogP contribution >= 0.6 is 11.6 Å². The zero-order valence-electron chi connectivity index (χ0n) is 15.7. The lowest BCUT2D eigenvalue weighted by Crippen LogP contribution is -2.52. The molecule has 1 saturated carbocycles. The molecule has 8 heteroatoms. The number of hydrogen-bond acceptors (Lipinski definition) is 4. The molecular formula is C19H28ClN3O3S. The molecule has 1 saturated heterocycles. The maximum Gasteiger partial charge on any atom is 0.240 e. The normalized spacial score (nSPS) is 21.3. The zero-order valence-corrected chi connectivity index (χ0v) is 17.2. The van der Waals surface area contributed by atoms with Crippen molar-refractivity contribution in [3.63, 3.8) is 0 Å². The van der Waals surface area contributed by atoms with Gasteiger partial charge < -0.3 is 5.32 Å². The highest BCUT2D eigenvalue weighted by Crippen LogP contribution is 2.20. The third-order valence-electron chi connectivity index (χ3n) is 5.60. The van der Waals surface area contributed by atoms with Gasteiger partial charge in [-0.1, -0.05) is 24.4 Å². The van der Waals surface area contributed by atoms with E-state index in [0.717, 1.165) is 12.8 Å². The van der Waals surface area contributed by atoms with Crippen LogP contribution in [0.2, 0.25) is 5.02 Å². The first-order chi connectivity index (χ1) is 12.8. The Bertz CT molecular complexity index is 740. The van der Waals surface area contributed by atoms with E-state index in [9.17, 15) is 13.2 Å². The molecule has 1 aliphatic heterocycles. The Hall–Kier alpha value is -1.15. The Labute approximate surface area is 166 Å². The Balaban J connectivity index is 1.49. The molecule has 27 heavy (non-hydrogen) atoms. The number of nitrogens with one attached hydrogen (secondary N) is 2. The predicted molar refractivity (Wildman–Crippen MR) is 106 cm³/mol. The maximum atomic E-state index is 12.5. The molecule has 0 spiro atoms. The number of nitrogens with zero attached hydrogens (tertiary/aromatic N) is 1. The molecule has 1 aromatic carbocycles. The summed E-state index contributed by atoms with van der Waals surface area (Å²) in [5, 5.41) is 3.66. The van der Waals surface area contributed by atoms with Crippen LogP contribution in [0.25, 0.3) is 0 Å². The van der Waals surface area contributed by atoms with Crippen LogP contribution in [0.15, 0.2) is 29.2 Å². The average Bonchev–Trinajstić information content (AvgIpc) is 3.15. The Morgan fingerprint density at radius 2 is 1.67 bits per heavy atom. The summed E-state index contributed by atoms with van der Waals surface area (Å²) in [5.41, 5.74) is 0. The summed E-state index contributed by atoms with van der Waals surface area (Å²) in [6.45, 7) is 3.34. The monoisotopic (exact) mass is 413 g/mol. The minimum Gasteiger partial charge on any atom is -0.352 e. The second-order valence-electron chi connectivity index (χ2n) is 7.55. The highest BCUT2D eigenvalue weighted by molar-refractivity contribution is 7.89. The Morgan fingerprint density at radius 1 is 1.07 bits per heavy atom. The van der Waals surface area contributed by atoms with Gasteiger partial charge in [-0.25, -0.2) is 13.1 Å². The fourth-order valence-electron chi connectivity index (χ4n) is 3.86. The number of carbonyl (C=O) groups excluding carboxylic acids is 1. The third-order valence-corrected chi connectivity index (χ3v) is 7.39. The van der Waals surface area contributed by atoms with E-state index >= 15 is 0 Å². The van der Waals surface area contributed by atoms with Gasteiger partial charge in [0.05, 0.1) is 10.9 Å². The number of carbonyl (C=O) groups is 1. The number of halogens is 1. The Morgan fingerprint density at radius 3 is 2.26 bits per heavy atom. The molecule has 1 aromatic rings. The summed E-state index contributed by atoms with van der Waals surface area (Å²) in [4.78, 5) is 14.8. The van der Waals surface area contributed by atoms with Gasteiger partial charge in [0.15, 0.2) is 0 Å². The molecule has 3 rings (SSSR count). The van der Waals surface area contributed by atoms with Crippen molar-refractivity contribution in [2.24, 2.45) is 0 Å². The minimum atomic E-state index is -3.55. The lowest BCUT2D eigenvalue weighted by Gasteiger charge is -2.35. The fraction of sp³-hybridized carbons (Fsp3) is 0.632. The van der Waals surface area contributed by atoms with Crippen molar-refractivity contribution in [2.45, 2.75) is 68.5 Å². The number of sulfonamides is 1. The van der Waals surface area contributed by atoms with Gasteiger partial charge in [-0.3, -0.25) is 9.69 Å². The third kappa shape index (κ3) is 5.44. The van der Waals surface area contributed by atoms with Crippen LogP contribution in [0.5, 0.6) is 0 Å². The Kier molecular flexibility index (Phi) is 6.78. The molecule has 0 radical (unpaired) electrons. The molecule has 0 aromatic heterocycles. The number of benzene rings is 1. The van der Waals surface area contributed by atoms with Gasteiger partial charge in [-0.05, 0) is 56.9 Å². The van der Waals surface area contributed by atoms with Crippen molar-refractivity contribution in [1.29, 1.82) is 0 Å². The summed E-state index contributed by atoms with van der Waals surface area (Å²) in [6, 6.07) is 6.19.